The van der Waals surface area contributed by atoms with Crippen LogP contribution in [0.15, 0.2) is 84.9 Å². The third-order valence-electron chi connectivity index (χ3n) is 4.51. The van der Waals surface area contributed by atoms with E-state index in [1.807, 2.05) is 60.7 Å². The molecule has 5 nitrogen and oxygen atoms in total. The van der Waals surface area contributed by atoms with Gasteiger partial charge in [-0.05, 0) is 36.2 Å². The second-order valence-corrected chi connectivity index (χ2v) is 6.54. The van der Waals surface area contributed by atoms with Crippen LogP contribution in [0.4, 0.5) is 0 Å². The van der Waals surface area contributed by atoms with Crippen LogP contribution in [0.3, 0.4) is 0 Å². The summed E-state index contributed by atoms with van der Waals surface area (Å²) >= 11 is 0. The van der Waals surface area contributed by atoms with Crippen molar-refractivity contribution in [2.75, 3.05) is 7.11 Å². The van der Waals surface area contributed by atoms with Gasteiger partial charge in [0, 0.05) is 0 Å². The van der Waals surface area contributed by atoms with Gasteiger partial charge in [0.2, 0.25) is 0 Å². The number of benzene rings is 3. The summed E-state index contributed by atoms with van der Waals surface area (Å²) in [5.74, 6) is -0.411. The minimum atomic E-state index is -0.955. The average molecular weight is 389 g/mol. The first-order valence-electron chi connectivity index (χ1n) is 9.34. The van der Waals surface area contributed by atoms with Crippen LogP contribution in [0.2, 0.25) is 0 Å². The van der Waals surface area contributed by atoms with Crippen LogP contribution in [-0.4, -0.2) is 25.1 Å². The van der Waals surface area contributed by atoms with Crippen LogP contribution < -0.4 is 10.1 Å². The van der Waals surface area contributed by atoms with Crippen LogP contribution in [0.5, 0.6) is 5.75 Å². The molecule has 0 spiro atoms. The predicted octanol–water partition coefficient (Wildman–Crippen LogP) is 4.15. The van der Waals surface area contributed by atoms with Crippen molar-refractivity contribution in [3.8, 4) is 5.75 Å². The molecule has 0 aliphatic rings. The van der Waals surface area contributed by atoms with Crippen LogP contribution in [-0.2, 0) is 9.53 Å². The third-order valence-corrected chi connectivity index (χ3v) is 4.51. The highest BCUT2D eigenvalue weighted by molar-refractivity contribution is 5.92. The lowest BCUT2D eigenvalue weighted by Gasteiger charge is -2.22. The lowest BCUT2D eigenvalue weighted by Crippen LogP contribution is -2.38. The zero-order chi connectivity index (χ0) is 20.6. The first kappa shape index (κ1) is 20.1. The van der Waals surface area contributed by atoms with Crippen molar-refractivity contribution in [3.63, 3.8) is 0 Å². The molecule has 0 saturated heterocycles. The Kier molecular flexibility index (Phi) is 6.63. The number of esters is 1. The molecule has 148 valence electrons. The fraction of sp³-hybridized carbons (Fsp3) is 0.167. The van der Waals surface area contributed by atoms with Gasteiger partial charge in [0.05, 0.1) is 18.7 Å². The Hall–Kier alpha value is -3.60. The second-order valence-electron chi connectivity index (χ2n) is 6.54. The van der Waals surface area contributed by atoms with Gasteiger partial charge >= 0.3 is 5.97 Å². The molecule has 1 atom stereocenters. The minimum absolute atomic E-state index is 0.326. The molecule has 29 heavy (non-hydrogen) atoms. The van der Waals surface area contributed by atoms with Crippen LogP contribution in [0, 0.1) is 0 Å². The number of ether oxygens (including phenoxy) is 2. The van der Waals surface area contributed by atoms with E-state index in [0.29, 0.717) is 11.3 Å². The number of hydrogen-bond donors (Lipinski definition) is 1. The van der Waals surface area contributed by atoms with E-state index in [1.54, 1.807) is 31.2 Å². The maximum atomic E-state index is 12.8. The number of carbonyl (C=O) groups is 2. The number of rotatable bonds is 7. The highest BCUT2D eigenvalue weighted by atomic mass is 16.5. The van der Waals surface area contributed by atoms with Gasteiger partial charge in [-0.3, -0.25) is 4.79 Å². The van der Waals surface area contributed by atoms with E-state index in [1.165, 1.54) is 7.11 Å². The first-order valence-corrected chi connectivity index (χ1v) is 9.34. The Balaban J connectivity index is 1.73. The fourth-order valence-electron chi connectivity index (χ4n) is 2.94. The van der Waals surface area contributed by atoms with Gasteiger partial charge < -0.3 is 14.8 Å². The molecule has 3 aromatic rings. The summed E-state index contributed by atoms with van der Waals surface area (Å²) < 4.78 is 10.5. The molecule has 0 aliphatic carbocycles. The Morgan fingerprint density at radius 3 is 1.97 bits per heavy atom. The van der Waals surface area contributed by atoms with Crippen molar-refractivity contribution in [1.82, 2.24) is 5.32 Å². The number of nitrogens with one attached hydrogen (secondary N) is 1. The number of amides is 1. The van der Waals surface area contributed by atoms with Crippen molar-refractivity contribution >= 4 is 11.9 Å². The second kappa shape index (κ2) is 9.55. The summed E-state index contributed by atoms with van der Waals surface area (Å²) in [6, 6.07) is 25.6. The highest BCUT2D eigenvalue weighted by Crippen LogP contribution is 2.22. The molecule has 0 unspecified atom stereocenters. The summed E-state index contributed by atoms with van der Waals surface area (Å²) in [7, 11) is 1.52. The lowest BCUT2D eigenvalue weighted by molar-refractivity contribution is -0.129. The molecule has 0 aliphatic heterocycles. The molecule has 5 heteroatoms. The molecule has 0 heterocycles. The van der Waals surface area contributed by atoms with Crippen LogP contribution >= 0.6 is 0 Å². The Bertz CT molecular complexity index is 917. The largest absolute Gasteiger partial charge is 0.497 e. The quantitative estimate of drug-likeness (QED) is 0.617. The Labute approximate surface area is 170 Å². The topological polar surface area (TPSA) is 64.6 Å². The third kappa shape index (κ3) is 5.23. The normalized spacial score (nSPS) is 11.6. The molecule has 0 saturated carbocycles. The minimum Gasteiger partial charge on any atom is -0.497 e. The van der Waals surface area contributed by atoms with Gasteiger partial charge in [0.1, 0.15) is 5.75 Å². The average Bonchev–Trinajstić information content (AvgIpc) is 2.78. The van der Waals surface area contributed by atoms with E-state index in [9.17, 15) is 9.59 Å². The van der Waals surface area contributed by atoms with Crippen LogP contribution in [0.25, 0.3) is 0 Å². The molecular weight excluding hydrogens is 366 g/mol. The number of methoxy groups -OCH3 is 1. The SMILES string of the molecule is COc1cccc(C(=O)O[C@@H](C)C(=O)NC(c2ccccc2)c2ccccc2)c1. The van der Waals surface area contributed by atoms with Gasteiger partial charge in [0.15, 0.2) is 6.10 Å². The molecule has 3 aromatic carbocycles. The standard InChI is InChI=1S/C24H23NO4/c1-17(29-24(27)20-14-9-15-21(16-20)28-2)23(26)25-22(18-10-5-3-6-11-18)19-12-7-4-8-13-19/h3-17,22H,1-2H3,(H,25,26)/t17-/m0/s1. The zero-order valence-corrected chi connectivity index (χ0v) is 16.4. The molecule has 0 bridgehead atoms. The summed E-state index contributed by atoms with van der Waals surface area (Å²) in [4.78, 5) is 25.2. The van der Waals surface area contributed by atoms with Crippen molar-refractivity contribution in [2.24, 2.45) is 0 Å². The smallest absolute Gasteiger partial charge is 0.339 e. The van der Waals surface area contributed by atoms with E-state index < -0.39 is 12.1 Å². The molecule has 0 fully saturated rings. The molecule has 1 amide bonds. The molecule has 0 aromatic heterocycles. The maximum Gasteiger partial charge on any atom is 0.339 e. The molecule has 3 rings (SSSR count). The molecular formula is C24H23NO4. The van der Waals surface area contributed by atoms with Gasteiger partial charge in [-0.25, -0.2) is 4.79 Å². The van der Waals surface area contributed by atoms with Crippen molar-refractivity contribution < 1.29 is 19.1 Å². The van der Waals surface area contributed by atoms with Crippen LogP contribution in [0.1, 0.15) is 34.5 Å². The molecule has 0 radical (unpaired) electrons. The van der Waals surface area contributed by atoms with E-state index in [2.05, 4.69) is 5.32 Å². The monoisotopic (exact) mass is 389 g/mol. The van der Waals surface area contributed by atoms with E-state index in [0.717, 1.165) is 11.1 Å². The predicted molar refractivity (Wildman–Crippen MR) is 111 cm³/mol. The summed E-state index contributed by atoms with van der Waals surface area (Å²) in [6.45, 7) is 1.56. The zero-order valence-electron chi connectivity index (χ0n) is 16.4. The van der Waals surface area contributed by atoms with E-state index in [4.69, 9.17) is 9.47 Å². The summed E-state index contributed by atoms with van der Waals surface area (Å²) in [5, 5.41) is 2.99. The van der Waals surface area contributed by atoms with Crippen molar-refractivity contribution in [2.45, 2.75) is 19.1 Å². The highest BCUT2D eigenvalue weighted by Gasteiger charge is 2.23. The summed E-state index contributed by atoms with van der Waals surface area (Å²) in [5.41, 5.74) is 2.21. The van der Waals surface area contributed by atoms with Gasteiger partial charge in [-0.15, -0.1) is 0 Å². The number of carbonyl (C=O) groups excluding carboxylic acids is 2. The number of hydrogen-bond acceptors (Lipinski definition) is 4. The van der Waals surface area contributed by atoms with E-state index >= 15 is 0 Å². The van der Waals surface area contributed by atoms with Crippen molar-refractivity contribution in [3.05, 3.63) is 102 Å². The Morgan fingerprint density at radius 2 is 1.41 bits per heavy atom. The maximum absolute atomic E-state index is 12.8. The first-order chi connectivity index (χ1) is 14.1. The lowest BCUT2D eigenvalue weighted by atomic mass is 9.98. The van der Waals surface area contributed by atoms with Gasteiger partial charge in [-0.2, -0.15) is 0 Å². The molecule has 1 N–H and O–H groups in total. The Morgan fingerprint density at radius 1 is 0.828 bits per heavy atom. The summed E-state index contributed by atoms with van der Waals surface area (Å²) in [6.07, 6.45) is -0.955. The van der Waals surface area contributed by atoms with Gasteiger partial charge in [0.25, 0.3) is 5.91 Å². The van der Waals surface area contributed by atoms with E-state index in [-0.39, 0.29) is 11.9 Å². The fourth-order valence-corrected chi connectivity index (χ4v) is 2.94. The van der Waals surface area contributed by atoms with Crippen molar-refractivity contribution in [1.29, 1.82) is 0 Å². The van der Waals surface area contributed by atoms with Gasteiger partial charge in [-0.1, -0.05) is 66.7 Å².